The van der Waals surface area contributed by atoms with Gasteiger partial charge in [-0.05, 0) is 0 Å². The van der Waals surface area contributed by atoms with Gasteiger partial charge >= 0.3 is 16.4 Å². The zero-order valence-electron chi connectivity index (χ0n) is 32.1. The van der Waals surface area contributed by atoms with Gasteiger partial charge in [0.05, 0.1) is 38.6 Å². The van der Waals surface area contributed by atoms with Gasteiger partial charge in [0.2, 0.25) is 11.8 Å². The first-order chi connectivity index (χ1) is 28.4. The average Bonchev–Trinajstić information content (AvgIpc) is 3.18. The van der Waals surface area contributed by atoms with Gasteiger partial charge in [-0.15, -0.1) is 0 Å². The lowest BCUT2D eigenvalue weighted by atomic mass is 9.88. The van der Waals surface area contributed by atoms with Crippen LogP contribution in [0, 0.1) is 0 Å². The van der Waals surface area contributed by atoms with Crippen LogP contribution in [0.4, 0.5) is 0 Å². The third-order valence-electron chi connectivity index (χ3n) is 10.2. The quantitative estimate of drug-likeness (QED) is 0.0602. The third kappa shape index (κ3) is 12.0. The second-order valence-electron chi connectivity index (χ2n) is 14.6. The van der Waals surface area contributed by atoms with Crippen LogP contribution in [0.15, 0.2) is 0 Å². The molecule has 0 aromatic carbocycles. The number of carbonyl (C=O) groups is 3. The second kappa shape index (κ2) is 21.0. The molecule has 4 heterocycles. The minimum absolute atomic E-state index is 0.788. The zero-order chi connectivity index (χ0) is 45.9. The number of ether oxygens (including phenoxy) is 7. The van der Waals surface area contributed by atoms with Crippen molar-refractivity contribution in [2.24, 2.45) is 0 Å². The molecule has 0 radical (unpaired) electrons. The zero-order valence-corrected chi connectivity index (χ0v) is 32.9. The molecule has 30 heteroatoms. The van der Waals surface area contributed by atoms with Crippen molar-refractivity contribution in [3.63, 3.8) is 0 Å². The van der Waals surface area contributed by atoms with Crippen LogP contribution in [0.25, 0.3) is 0 Å². The van der Waals surface area contributed by atoms with Gasteiger partial charge in [0.25, 0.3) is 5.79 Å². The van der Waals surface area contributed by atoms with Gasteiger partial charge in [-0.1, -0.05) is 0 Å². The van der Waals surface area contributed by atoms with Crippen molar-refractivity contribution in [3.8, 4) is 0 Å². The highest BCUT2D eigenvalue weighted by Crippen LogP contribution is 2.36. The lowest BCUT2D eigenvalue weighted by Gasteiger charge is -2.49. The normalized spacial score (nSPS) is 43.2. The third-order valence-corrected chi connectivity index (χ3v) is 10.6. The van der Waals surface area contributed by atoms with E-state index in [1.165, 1.54) is 0 Å². The van der Waals surface area contributed by atoms with Crippen molar-refractivity contribution < 1.29 is 131 Å². The average molecular weight is 917 g/mol. The molecule has 4 aliphatic rings. The number of rotatable bonds is 17. The molecule has 0 aromatic heterocycles. The topological polar surface area (TPSA) is 466 Å². The van der Waals surface area contributed by atoms with Gasteiger partial charge in [0.1, 0.15) is 91.5 Å². The van der Waals surface area contributed by atoms with Crippen LogP contribution < -0.4 is 10.6 Å². The van der Waals surface area contributed by atoms with Crippen LogP contribution in [0.2, 0.25) is 0 Å². The van der Waals surface area contributed by atoms with E-state index in [0.717, 1.165) is 13.8 Å². The van der Waals surface area contributed by atoms with E-state index >= 15 is 0 Å². The fraction of sp³-hybridized carbons (Fsp3) is 0.903. The van der Waals surface area contributed by atoms with E-state index in [1.54, 1.807) is 0 Å². The van der Waals surface area contributed by atoms with Crippen molar-refractivity contribution >= 4 is 28.2 Å². The van der Waals surface area contributed by atoms with Crippen molar-refractivity contribution in [1.82, 2.24) is 10.6 Å². The first-order valence-electron chi connectivity index (χ1n) is 18.4. The van der Waals surface area contributed by atoms with Crippen molar-refractivity contribution in [3.05, 3.63) is 0 Å². The molecule has 1 unspecified atom stereocenters. The highest BCUT2D eigenvalue weighted by atomic mass is 32.3. The molecule has 0 spiro atoms. The Morgan fingerprint density at radius 1 is 0.738 bits per heavy atom. The van der Waals surface area contributed by atoms with Gasteiger partial charge in [0, 0.05) is 20.3 Å². The monoisotopic (exact) mass is 916 g/mol. The summed E-state index contributed by atoms with van der Waals surface area (Å²) in [5.41, 5.74) is 0. The number of aliphatic hydroxyl groups excluding tert-OH is 12. The number of carbonyl (C=O) groups excluding carboxylic acids is 2. The maximum atomic E-state index is 12.6. The van der Waals surface area contributed by atoms with Gasteiger partial charge in [0.15, 0.2) is 18.9 Å². The Bertz CT molecular complexity index is 1600. The van der Waals surface area contributed by atoms with E-state index < -0.39 is 189 Å². The van der Waals surface area contributed by atoms with Crippen LogP contribution in [0.1, 0.15) is 20.3 Å². The second-order valence-corrected chi connectivity index (χ2v) is 15.7. The van der Waals surface area contributed by atoms with Gasteiger partial charge in [-0.2, -0.15) is 8.42 Å². The summed E-state index contributed by atoms with van der Waals surface area (Å²) in [6.45, 7) is -2.45. The van der Waals surface area contributed by atoms with Crippen LogP contribution >= 0.6 is 0 Å². The first-order valence-corrected chi connectivity index (χ1v) is 19.7. The minimum Gasteiger partial charge on any atom is -0.477 e. The van der Waals surface area contributed by atoms with Crippen molar-refractivity contribution in [2.75, 3.05) is 26.4 Å². The molecule has 0 aliphatic carbocycles. The number of carboxylic acids is 1. The van der Waals surface area contributed by atoms with E-state index in [0.29, 0.717) is 0 Å². The van der Waals surface area contributed by atoms with Crippen molar-refractivity contribution in [1.29, 1.82) is 0 Å². The number of hydrogen-bond acceptors (Lipinski definition) is 25. The lowest BCUT2D eigenvalue weighted by Crippen LogP contribution is -2.69. The van der Waals surface area contributed by atoms with E-state index in [-0.39, 0.29) is 0 Å². The smallest absolute Gasteiger partial charge is 0.397 e. The number of hydrogen-bond donors (Lipinski definition) is 16. The molecule has 61 heavy (non-hydrogen) atoms. The van der Waals surface area contributed by atoms with E-state index in [4.69, 9.17) is 33.2 Å². The molecular formula is C31H52N2O27S. The molecule has 0 aromatic rings. The van der Waals surface area contributed by atoms with E-state index in [1.807, 2.05) is 0 Å². The molecule has 4 fully saturated rings. The maximum absolute atomic E-state index is 12.6. The number of aliphatic hydroxyl groups is 12. The van der Waals surface area contributed by atoms with Crippen LogP contribution in [-0.4, -0.2) is 252 Å². The van der Waals surface area contributed by atoms with E-state index in [9.17, 15) is 93.7 Å². The maximum Gasteiger partial charge on any atom is 0.397 e. The Hall–Kier alpha value is -2.48. The summed E-state index contributed by atoms with van der Waals surface area (Å²) in [7, 11) is -5.30. The summed E-state index contributed by atoms with van der Waals surface area (Å²) >= 11 is 0. The van der Waals surface area contributed by atoms with E-state index in [2.05, 4.69) is 14.8 Å². The Balaban J connectivity index is 1.62. The molecule has 4 saturated heterocycles. The Labute approximate surface area is 344 Å². The fourth-order valence-electron chi connectivity index (χ4n) is 7.08. The summed E-state index contributed by atoms with van der Waals surface area (Å²) in [6, 6.07) is -3.42. The Morgan fingerprint density at radius 3 is 1.89 bits per heavy atom. The molecule has 354 valence electrons. The summed E-state index contributed by atoms with van der Waals surface area (Å²) in [5, 5.41) is 141. The van der Waals surface area contributed by atoms with Crippen LogP contribution in [0.3, 0.4) is 0 Å². The molecular weight excluding hydrogens is 864 g/mol. The SMILES string of the molecule is CC(=O)N[C@H]1[C@H](O[C@H]2[C@@H](O)[C@@H](CO)OC(O)[C@@H]2O)O[C@H](COS(=O)(=O)O)[C@@H](O[C@@H]2O[C@H](CO[C@]3(C(=O)O)C[C@H](O)[C@@H](NC(C)=O)[C@H]([C@H](O)[C@H](O)CO)O3)[C@H](O)[C@H](O)[C@H]2O)[C@@H]1O. The first kappa shape index (κ1) is 51.2. The van der Waals surface area contributed by atoms with Crippen LogP contribution in [0.5, 0.6) is 0 Å². The lowest BCUT2D eigenvalue weighted by molar-refractivity contribution is -0.370. The number of carboxylic acid groups (broad SMARTS) is 1. The molecule has 16 N–H and O–H groups in total. The summed E-state index contributed by atoms with van der Waals surface area (Å²) < 4.78 is 75.4. The van der Waals surface area contributed by atoms with Crippen molar-refractivity contribution in [2.45, 2.75) is 149 Å². The number of amides is 2. The predicted molar refractivity (Wildman–Crippen MR) is 185 cm³/mol. The van der Waals surface area contributed by atoms with Gasteiger partial charge < -0.3 is 110 Å². The Morgan fingerprint density at radius 2 is 1.33 bits per heavy atom. The highest BCUT2D eigenvalue weighted by molar-refractivity contribution is 7.80. The molecule has 4 aliphatic heterocycles. The molecule has 0 bridgehead atoms. The Kier molecular flexibility index (Phi) is 17.6. The molecule has 4 rings (SSSR count). The number of aliphatic carboxylic acids is 1. The summed E-state index contributed by atoms with van der Waals surface area (Å²) in [4.78, 5) is 36.8. The van der Waals surface area contributed by atoms with Gasteiger partial charge in [-0.3, -0.25) is 14.1 Å². The van der Waals surface area contributed by atoms with Crippen LogP contribution in [-0.2, 0) is 62.1 Å². The molecule has 29 nitrogen and oxygen atoms in total. The fourth-order valence-corrected chi connectivity index (χ4v) is 7.38. The summed E-state index contributed by atoms with van der Waals surface area (Å²) in [5.74, 6) is -6.65. The largest absolute Gasteiger partial charge is 0.477 e. The predicted octanol–water partition coefficient (Wildman–Crippen LogP) is -10.4. The minimum atomic E-state index is -5.30. The van der Waals surface area contributed by atoms with Gasteiger partial charge in [-0.25, -0.2) is 8.98 Å². The highest BCUT2D eigenvalue weighted by Gasteiger charge is 2.58. The molecule has 21 atom stereocenters. The number of nitrogens with one attached hydrogen (secondary N) is 2. The molecule has 2 amide bonds. The molecule has 0 saturated carbocycles. The standard InChI is InChI=1S/C31H52N2O27S/c1-8(36)32-15-10(38)3-31(30(48)49,60-25(15)17(40)11(39)4-34)53-6-13-18(41)21(44)22(45)29(56-13)58-24-14(7-54-61(50,51)52)57-28(16(20(24)43)33-9(2)37)59-26-19(42)12(5-35)55-27(47)23(26)46/h10-29,34-35,38-47H,3-7H2,1-2H3,(H,32,36)(H,33,37)(H,48,49)(H,50,51,52)/t10-,11+,12+,13+,14+,15+,16+,17+,18-,19-,20+,21-,22+,23+,24+,25+,26-,27?,28-,29-,31+/m0/s1. The summed E-state index contributed by atoms with van der Waals surface area (Å²) in [6.07, 6.45) is -37.7.